The van der Waals surface area contributed by atoms with E-state index < -0.39 is 10.0 Å². The third-order valence-corrected chi connectivity index (χ3v) is 6.70. The van der Waals surface area contributed by atoms with Crippen LogP contribution in [0.2, 0.25) is 0 Å². The van der Waals surface area contributed by atoms with Gasteiger partial charge in [0.05, 0.1) is 11.4 Å². The van der Waals surface area contributed by atoms with Gasteiger partial charge in [0.15, 0.2) is 0 Å². The van der Waals surface area contributed by atoms with Crippen LogP contribution in [0, 0.1) is 6.92 Å². The molecule has 2 aromatic rings. The topological polar surface area (TPSA) is 75.7 Å². The van der Waals surface area contributed by atoms with Crippen LogP contribution in [-0.4, -0.2) is 44.9 Å². The van der Waals surface area contributed by atoms with Crippen molar-refractivity contribution in [2.24, 2.45) is 0 Å². The van der Waals surface area contributed by atoms with E-state index >= 15 is 0 Å². The smallest absolute Gasteiger partial charge is 0.251 e. The summed E-state index contributed by atoms with van der Waals surface area (Å²) in [5.41, 5.74) is 1.11. The number of hydrogen-bond donors (Lipinski definition) is 1. The van der Waals surface area contributed by atoms with Crippen molar-refractivity contribution in [3.05, 3.63) is 59.7 Å². The minimum atomic E-state index is -3.57. The van der Waals surface area contributed by atoms with E-state index in [2.05, 4.69) is 5.32 Å². The Hall–Kier alpha value is -2.38. The highest BCUT2D eigenvalue weighted by atomic mass is 32.2. The normalized spacial score (nSPS) is 15.2. The Labute approximate surface area is 166 Å². The third-order valence-electron chi connectivity index (χ3n) is 4.81. The molecule has 1 amide bonds. The summed E-state index contributed by atoms with van der Waals surface area (Å²) in [7, 11) is -3.57. The number of carbonyl (C=O) groups is 1. The maximum Gasteiger partial charge on any atom is 0.251 e. The summed E-state index contributed by atoms with van der Waals surface area (Å²) in [5, 5.41) is 2.80. The molecule has 1 N–H and O–H groups in total. The molecule has 0 radical (unpaired) electrons. The standard InChI is InChI=1S/C21H26N2O4S/c1-17-10-11-19(28(25,26)23-13-6-3-7-14-23)16-20(17)21(24)22-12-15-27-18-8-4-2-5-9-18/h2,4-5,8-11,16H,3,6-7,12-15H2,1H3,(H,22,24). The minimum Gasteiger partial charge on any atom is -0.492 e. The number of hydrogen-bond acceptors (Lipinski definition) is 4. The first kappa shape index (κ1) is 20.4. The highest BCUT2D eigenvalue weighted by molar-refractivity contribution is 7.89. The first-order chi connectivity index (χ1) is 13.5. The van der Waals surface area contributed by atoms with E-state index in [4.69, 9.17) is 4.74 Å². The van der Waals surface area contributed by atoms with Crippen LogP contribution in [0.4, 0.5) is 0 Å². The zero-order valence-electron chi connectivity index (χ0n) is 16.1. The fraction of sp³-hybridized carbons (Fsp3) is 0.381. The van der Waals surface area contributed by atoms with Crippen molar-refractivity contribution in [1.82, 2.24) is 9.62 Å². The molecule has 7 heteroatoms. The molecule has 0 unspecified atom stereocenters. The lowest BCUT2D eigenvalue weighted by Crippen LogP contribution is -2.36. The van der Waals surface area contributed by atoms with E-state index in [0.29, 0.717) is 31.8 Å². The lowest BCUT2D eigenvalue weighted by Gasteiger charge is -2.26. The Balaban J connectivity index is 1.64. The highest BCUT2D eigenvalue weighted by Gasteiger charge is 2.27. The average molecular weight is 403 g/mol. The second-order valence-electron chi connectivity index (χ2n) is 6.86. The molecule has 1 heterocycles. The summed E-state index contributed by atoms with van der Waals surface area (Å²) >= 11 is 0. The highest BCUT2D eigenvalue weighted by Crippen LogP contribution is 2.22. The second kappa shape index (κ2) is 9.21. The van der Waals surface area contributed by atoms with Crippen LogP contribution in [0.15, 0.2) is 53.4 Å². The first-order valence-corrected chi connectivity index (χ1v) is 11.0. The molecule has 1 aliphatic rings. The Morgan fingerprint density at radius 1 is 1.07 bits per heavy atom. The summed E-state index contributed by atoms with van der Waals surface area (Å²) in [4.78, 5) is 12.7. The molecule has 1 aliphatic heterocycles. The molecule has 3 rings (SSSR count). The minimum absolute atomic E-state index is 0.172. The van der Waals surface area contributed by atoms with E-state index in [1.165, 1.54) is 10.4 Å². The largest absolute Gasteiger partial charge is 0.492 e. The number of amides is 1. The SMILES string of the molecule is Cc1ccc(S(=O)(=O)N2CCCCC2)cc1C(=O)NCCOc1ccccc1. The molecule has 0 aromatic heterocycles. The number of carbonyl (C=O) groups excluding carboxylic acids is 1. The van der Waals surface area contributed by atoms with Gasteiger partial charge in [0, 0.05) is 18.7 Å². The van der Waals surface area contributed by atoms with E-state index in [1.54, 1.807) is 19.1 Å². The van der Waals surface area contributed by atoms with Crippen molar-refractivity contribution >= 4 is 15.9 Å². The van der Waals surface area contributed by atoms with Gasteiger partial charge in [-0.25, -0.2) is 8.42 Å². The van der Waals surface area contributed by atoms with Crippen LogP contribution >= 0.6 is 0 Å². The zero-order chi connectivity index (χ0) is 20.0. The lowest BCUT2D eigenvalue weighted by atomic mass is 10.1. The van der Waals surface area contributed by atoms with E-state index in [1.807, 2.05) is 30.3 Å². The molecule has 0 saturated carbocycles. The van der Waals surface area contributed by atoms with E-state index in [9.17, 15) is 13.2 Å². The van der Waals surface area contributed by atoms with Gasteiger partial charge < -0.3 is 10.1 Å². The number of benzene rings is 2. The van der Waals surface area contributed by atoms with Crippen LogP contribution in [0.3, 0.4) is 0 Å². The number of rotatable bonds is 7. The van der Waals surface area contributed by atoms with Crippen molar-refractivity contribution in [3.8, 4) is 5.75 Å². The van der Waals surface area contributed by atoms with Crippen LogP contribution in [0.1, 0.15) is 35.2 Å². The second-order valence-corrected chi connectivity index (χ2v) is 8.80. The van der Waals surface area contributed by atoms with Gasteiger partial charge in [-0.3, -0.25) is 4.79 Å². The molecule has 6 nitrogen and oxygen atoms in total. The summed E-state index contributed by atoms with van der Waals surface area (Å²) in [6.45, 7) is 3.53. The van der Waals surface area contributed by atoms with Crippen molar-refractivity contribution in [2.45, 2.75) is 31.1 Å². The monoisotopic (exact) mass is 402 g/mol. The maximum absolute atomic E-state index is 12.9. The summed E-state index contributed by atoms with van der Waals surface area (Å²) in [6.07, 6.45) is 2.80. The molecule has 28 heavy (non-hydrogen) atoms. The number of para-hydroxylation sites is 1. The van der Waals surface area contributed by atoms with Gasteiger partial charge in [-0.15, -0.1) is 0 Å². The Morgan fingerprint density at radius 3 is 2.50 bits per heavy atom. The first-order valence-electron chi connectivity index (χ1n) is 9.55. The predicted molar refractivity (Wildman–Crippen MR) is 108 cm³/mol. The molecule has 0 bridgehead atoms. The van der Waals surface area contributed by atoms with Gasteiger partial charge in [0.25, 0.3) is 5.91 Å². The molecule has 0 spiro atoms. The van der Waals surface area contributed by atoms with Gasteiger partial charge >= 0.3 is 0 Å². The van der Waals surface area contributed by atoms with Crippen LogP contribution in [0.25, 0.3) is 0 Å². The molecule has 1 fully saturated rings. The van der Waals surface area contributed by atoms with E-state index in [-0.39, 0.29) is 10.8 Å². The molecular formula is C21H26N2O4S. The molecule has 1 saturated heterocycles. The number of piperidine rings is 1. The lowest BCUT2D eigenvalue weighted by molar-refractivity contribution is 0.0946. The summed E-state index contributed by atoms with van der Waals surface area (Å²) in [5.74, 6) is 0.437. The number of ether oxygens (including phenoxy) is 1. The van der Waals surface area contributed by atoms with Gasteiger partial charge in [-0.1, -0.05) is 30.7 Å². The fourth-order valence-corrected chi connectivity index (χ4v) is 4.75. The van der Waals surface area contributed by atoms with Crippen molar-refractivity contribution in [2.75, 3.05) is 26.2 Å². The van der Waals surface area contributed by atoms with Crippen LogP contribution in [-0.2, 0) is 10.0 Å². The number of nitrogens with one attached hydrogen (secondary N) is 1. The number of aryl methyl sites for hydroxylation is 1. The van der Waals surface area contributed by atoms with Crippen molar-refractivity contribution in [1.29, 1.82) is 0 Å². The molecule has 150 valence electrons. The molecule has 2 aromatic carbocycles. The molecule has 0 atom stereocenters. The fourth-order valence-electron chi connectivity index (χ4n) is 3.21. The van der Waals surface area contributed by atoms with Crippen molar-refractivity contribution < 1.29 is 17.9 Å². The third kappa shape index (κ3) is 4.91. The Bertz CT molecular complexity index is 907. The Kier molecular flexibility index (Phi) is 6.70. The van der Waals surface area contributed by atoms with Crippen LogP contribution in [0.5, 0.6) is 5.75 Å². The average Bonchev–Trinajstić information content (AvgIpc) is 2.72. The predicted octanol–water partition coefficient (Wildman–Crippen LogP) is 2.98. The summed E-state index contributed by atoms with van der Waals surface area (Å²) < 4.78 is 32.8. The number of nitrogens with zero attached hydrogens (tertiary/aromatic N) is 1. The molecular weight excluding hydrogens is 376 g/mol. The van der Waals surface area contributed by atoms with Gasteiger partial charge in [0.2, 0.25) is 10.0 Å². The summed E-state index contributed by atoms with van der Waals surface area (Å²) in [6, 6.07) is 14.1. The Morgan fingerprint density at radius 2 is 1.79 bits per heavy atom. The molecule has 0 aliphatic carbocycles. The van der Waals surface area contributed by atoms with Gasteiger partial charge in [-0.2, -0.15) is 4.31 Å². The van der Waals surface area contributed by atoms with Gasteiger partial charge in [0.1, 0.15) is 12.4 Å². The van der Waals surface area contributed by atoms with Gasteiger partial charge in [-0.05, 0) is 49.6 Å². The van der Waals surface area contributed by atoms with Crippen molar-refractivity contribution in [3.63, 3.8) is 0 Å². The van der Waals surface area contributed by atoms with Crippen LogP contribution < -0.4 is 10.1 Å². The number of sulfonamides is 1. The van der Waals surface area contributed by atoms with E-state index in [0.717, 1.165) is 30.6 Å². The quantitative estimate of drug-likeness (QED) is 0.723. The maximum atomic E-state index is 12.9. The zero-order valence-corrected chi connectivity index (χ0v) is 16.9.